The van der Waals surface area contributed by atoms with Gasteiger partial charge in [-0.2, -0.15) is 0 Å². The maximum Gasteiger partial charge on any atom is 0.161 e. The lowest BCUT2D eigenvalue weighted by Gasteiger charge is -2.23. The fraction of sp³-hybridized carbons (Fsp3) is 0.273. The third-order valence-corrected chi connectivity index (χ3v) is 5.14. The summed E-state index contributed by atoms with van der Waals surface area (Å²) in [6.45, 7) is 0. The van der Waals surface area contributed by atoms with E-state index in [1.54, 1.807) is 13.2 Å². The van der Waals surface area contributed by atoms with E-state index in [0.717, 1.165) is 53.4 Å². The third-order valence-electron chi connectivity index (χ3n) is 5.14. The van der Waals surface area contributed by atoms with Gasteiger partial charge in [0, 0.05) is 35.5 Å². The van der Waals surface area contributed by atoms with E-state index in [2.05, 4.69) is 17.1 Å². The van der Waals surface area contributed by atoms with E-state index < -0.39 is 0 Å². The molecule has 0 bridgehead atoms. The average molecular weight is 412 g/mol. The molecule has 0 unspecified atom stereocenters. The van der Waals surface area contributed by atoms with Gasteiger partial charge in [-0.1, -0.05) is 0 Å². The molecule has 0 radical (unpaired) electrons. The number of nitrogen functional groups attached to an aromatic ring is 1. The molecule has 152 valence electrons. The Labute approximate surface area is 175 Å². The predicted octanol–water partition coefficient (Wildman–Crippen LogP) is 4.55. The van der Waals surface area contributed by atoms with E-state index in [1.165, 1.54) is 24.5 Å². The maximum absolute atomic E-state index is 9.91. The molecule has 3 aromatic rings. The Kier molecular flexibility index (Phi) is 6.61. The number of aryl methyl sites for hydroxylation is 1. The number of methoxy groups -OCH3 is 1. The van der Waals surface area contributed by atoms with Crippen molar-refractivity contribution in [2.24, 2.45) is 0 Å². The van der Waals surface area contributed by atoms with E-state index in [9.17, 15) is 5.11 Å². The van der Waals surface area contributed by atoms with Crippen LogP contribution >= 0.6 is 12.9 Å². The number of anilines is 1. The van der Waals surface area contributed by atoms with Crippen LogP contribution in [-0.2, 0) is 17.0 Å². The number of fused-ring (bicyclic) bond motifs is 3. The van der Waals surface area contributed by atoms with Crippen molar-refractivity contribution in [3.63, 3.8) is 0 Å². The lowest BCUT2D eigenvalue weighted by atomic mass is 9.85. The highest BCUT2D eigenvalue weighted by Crippen LogP contribution is 2.39. The van der Waals surface area contributed by atoms with Crippen molar-refractivity contribution in [3.05, 3.63) is 47.0 Å². The normalized spacial score (nSPS) is 12.7. The number of phenols is 1. The first-order valence-electron chi connectivity index (χ1n) is 9.35. The van der Waals surface area contributed by atoms with Crippen LogP contribution in [-0.4, -0.2) is 30.5 Å². The summed E-state index contributed by atoms with van der Waals surface area (Å²) < 4.78 is 9.21. The van der Waals surface area contributed by atoms with Crippen LogP contribution in [0, 0.1) is 5.41 Å². The molecule has 4 rings (SSSR count). The topological polar surface area (TPSA) is 101 Å². The van der Waals surface area contributed by atoms with Gasteiger partial charge in [0.15, 0.2) is 11.5 Å². The van der Waals surface area contributed by atoms with Crippen LogP contribution in [0.1, 0.15) is 29.5 Å². The first kappa shape index (κ1) is 21.0. The number of pyridine rings is 1. The van der Waals surface area contributed by atoms with Gasteiger partial charge in [-0.25, -0.2) is 4.98 Å². The standard InChI is InChI=1S/C21H21N3O2.CH4OS/c1-26-19-10-12(6-9-18(19)25)21-14-5-3-2-4-13(14)20-15(11-22)16(23)7-8-17(20)24-21;1-2-3/h6-11,22,25H,2-5,23H2,1H3;3H,1H3. The molecule has 1 aliphatic carbocycles. The van der Waals surface area contributed by atoms with Gasteiger partial charge in [0.05, 0.1) is 18.3 Å². The number of thiol groups is 1. The van der Waals surface area contributed by atoms with Gasteiger partial charge in [0.1, 0.15) is 0 Å². The van der Waals surface area contributed by atoms with Gasteiger partial charge in [0.2, 0.25) is 0 Å². The number of hydrogen-bond acceptors (Lipinski definition) is 7. The Morgan fingerprint density at radius 2 is 1.83 bits per heavy atom. The van der Waals surface area contributed by atoms with E-state index in [1.807, 2.05) is 24.3 Å². The predicted molar refractivity (Wildman–Crippen MR) is 120 cm³/mol. The number of benzene rings is 2. The molecular formula is C22H25N3O3S. The Bertz CT molecular complexity index is 1050. The largest absolute Gasteiger partial charge is 0.504 e. The molecule has 29 heavy (non-hydrogen) atoms. The summed E-state index contributed by atoms with van der Waals surface area (Å²) in [5, 5.41) is 18.7. The van der Waals surface area contributed by atoms with Crippen molar-refractivity contribution in [2.45, 2.75) is 25.7 Å². The van der Waals surface area contributed by atoms with Crippen molar-refractivity contribution in [2.75, 3.05) is 20.0 Å². The number of rotatable bonds is 3. The molecule has 0 saturated carbocycles. The second kappa shape index (κ2) is 9.15. The lowest BCUT2D eigenvalue weighted by Crippen LogP contribution is -2.09. The molecule has 0 aliphatic heterocycles. The molecule has 1 heterocycles. The van der Waals surface area contributed by atoms with Crippen LogP contribution in [0.25, 0.3) is 22.2 Å². The lowest BCUT2D eigenvalue weighted by molar-refractivity contribution is 0.373. The van der Waals surface area contributed by atoms with Gasteiger partial charge in [0.25, 0.3) is 0 Å². The molecule has 7 heteroatoms. The van der Waals surface area contributed by atoms with Gasteiger partial charge >= 0.3 is 0 Å². The first-order valence-corrected chi connectivity index (χ1v) is 9.71. The Hall–Kier alpha value is -2.77. The van der Waals surface area contributed by atoms with Gasteiger partial charge in [-0.3, -0.25) is 0 Å². The maximum atomic E-state index is 9.91. The second-order valence-electron chi connectivity index (χ2n) is 6.80. The molecule has 0 atom stereocenters. The number of hydrogen-bond donors (Lipinski definition) is 4. The van der Waals surface area contributed by atoms with Gasteiger partial charge in [-0.05, 0) is 80.1 Å². The number of nitrogens with one attached hydrogen (secondary N) is 1. The summed E-state index contributed by atoms with van der Waals surface area (Å²) in [4.78, 5) is 4.92. The van der Waals surface area contributed by atoms with Crippen molar-refractivity contribution < 1.29 is 14.0 Å². The quantitative estimate of drug-likeness (QED) is 0.219. The first-order chi connectivity index (χ1) is 14.0. The summed E-state index contributed by atoms with van der Waals surface area (Å²) in [5.41, 5.74) is 12.6. The molecule has 1 aromatic heterocycles. The zero-order valence-corrected chi connectivity index (χ0v) is 17.4. The van der Waals surface area contributed by atoms with Crippen molar-refractivity contribution in [1.82, 2.24) is 4.98 Å². The molecule has 1 aliphatic rings. The zero-order valence-electron chi connectivity index (χ0n) is 16.5. The number of nitrogens with two attached hydrogens (primary N) is 1. The summed E-state index contributed by atoms with van der Waals surface area (Å²) in [5.74, 6) is 0.552. The number of ether oxygens (including phenoxy) is 1. The van der Waals surface area contributed by atoms with Crippen LogP contribution < -0.4 is 10.5 Å². The summed E-state index contributed by atoms with van der Waals surface area (Å²) in [6.07, 6.45) is 5.47. The minimum Gasteiger partial charge on any atom is -0.504 e. The highest BCUT2D eigenvalue weighted by Gasteiger charge is 2.22. The third kappa shape index (κ3) is 4.02. The molecule has 4 N–H and O–H groups in total. The molecular weight excluding hydrogens is 386 g/mol. The highest BCUT2D eigenvalue weighted by molar-refractivity contribution is 7.75. The molecule has 0 saturated heterocycles. The van der Waals surface area contributed by atoms with Crippen molar-refractivity contribution >= 4 is 35.7 Å². The fourth-order valence-electron chi connectivity index (χ4n) is 3.88. The van der Waals surface area contributed by atoms with E-state index in [-0.39, 0.29) is 5.75 Å². The Morgan fingerprint density at radius 3 is 2.48 bits per heavy atom. The van der Waals surface area contributed by atoms with E-state index in [0.29, 0.717) is 11.4 Å². The van der Waals surface area contributed by atoms with Gasteiger partial charge in [-0.15, -0.1) is 0 Å². The number of aromatic hydroxyl groups is 1. The van der Waals surface area contributed by atoms with Crippen molar-refractivity contribution in [3.8, 4) is 22.8 Å². The monoisotopic (exact) mass is 411 g/mol. The van der Waals surface area contributed by atoms with Crippen LogP contribution in [0.5, 0.6) is 11.5 Å². The second-order valence-corrected chi connectivity index (χ2v) is 7.17. The van der Waals surface area contributed by atoms with Crippen LogP contribution in [0.15, 0.2) is 30.3 Å². The Balaban J connectivity index is 0.000000755. The fourth-order valence-corrected chi connectivity index (χ4v) is 3.88. The van der Waals surface area contributed by atoms with Gasteiger partial charge < -0.3 is 25.2 Å². The van der Waals surface area contributed by atoms with Crippen LogP contribution in [0.2, 0.25) is 0 Å². The zero-order chi connectivity index (χ0) is 21.0. The molecule has 0 fully saturated rings. The Morgan fingerprint density at radius 1 is 1.14 bits per heavy atom. The minimum absolute atomic E-state index is 0.116. The number of aromatic nitrogens is 1. The smallest absolute Gasteiger partial charge is 0.161 e. The van der Waals surface area contributed by atoms with E-state index >= 15 is 0 Å². The summed E-state index contributed by atoms with van der Waals surface area (Å²) >= 11 is 3.29. The molecule has 0 amide bonds. The SMILES string of the molecule is COS.COc1cc(-c2nc3ccc(N)c(C=N)c3c3c2CCCC3)ccc1O. The number of phenolic OH excluding ortho intramolecular Hbond substituents is 1. The number of nitrogens with zero attached hydrogens (tertiary/aromatic N) is 1. The van der Waals surface area contributed by atoms with Crippen LogP contribution in [0.4, 0.5) is 5.69 Å². The van der Waals surface area contributed by atoms with Crippen molar-refractivity contribution in [1.29, 1.82) is 5.41 Å². The molecule has 6 nitrogen and oxygen atoms in total. The summed E-state index contributed by atoms with van der Waals surface area (Å²) in [7, 11) is 3.03. The van der Waals surface area contributed by atoms with E-state index in [4.69, 9.17) is 20.9 Å². The highest BCUT2D eigenvalue weighted by atomic mass is 32.1. The molecule has 0 spiro atoms. The molecule has 2 aromatic carbocycles. The summed E-state index contributed by atoms with van der Waals surface area (Å²) in [6, 6.07) is 9.07. The minimum atomic E-state index is 0.116. The van der Waals surface area contributed by atoms with Crippen LogP contribution in [0.3, 0.4) is 0 Å². The average Bonchev–Trinajstić information content (AvgIpc) is 2.74.